The summed E-state index contributed by atoms with van der Waals surface area (Å²) in [5, 5.41) is 8.67. The summed E-state index contributed by atoms with van der Waals surface area (Å²) in [4.78, 5) is 21.7. The summed E-state index contributed by atoms with van der Waals surface area (Å²) < 4.78 is 11.5. The van der Waals surface area contributed by atoms with Gasteiger partial charge in [-0.1, -0.05) is 72.9 Å². The Balaban J connectivity index is 2.10. The van der Waals surface area contributed by atoms with Gasteiger partial charge >= 0.3 is 0 Å². The minimum atomic E-state index is -0.201. The van der Waals surface area contributed by atoms with Crippen LogP contribution in [0.1, 0.15) is 93.6 Å². The monoisotopic (exact) mass is 579 g/mol. The molecule has 3 rings (SSSR count). The lowest BCUT2D eigenvalue weighted by Gasteiger charge is -2.37. The number of Topliss-reactive ketones (excluding diaryl/α,β-unsaturated/α-hetero) is 1. The first kappa shape index (κ1) is 32.7. The first-order valence-corrected chi connectivity index (χ1v) is 15.7. The van der Waals surface area contributed by atoms with E-state index in [1.54, 1.807) is 11.8 Å². The zero-order chi connectivity index (χ0) is 30.5. The molecule has 0 amide bonds. The third-order valence-corrected chi connectivity index (χ3v) is 9.80. The van der Waals surface area contributed by atoms with Crippen LogP contribution >= 0.6 is 11.8 Å². The first-order chi connectivity index (χ1) is 19.3. The highest BCUT2D eigenvalue weighted by Crippen LogP contribution is 2.44. The fourth-order valence-corrected chi connectivity index (χ4v) is 6.34. The molecule has 0 saturated carbocycles. The van der Waals surface area contributed by atoms with Gasteiger partial charge in [-0.25, -0.2) is 4.99 Å². The van der Waals surface area contributed by atoms with E-state index in [2.05, 4.69) is 78.2 Å². The van der Waals surface area contributed by atoms with E-state index >= 15 is 0 Å². The van der Waals surface area contributed by atoms with Gasteiger partial charge in [-0.05, 0) is 66.5 Å². The van der Waals surface area contributed by atoms with Crippen molar-refractivity contribution in [1.29, 1.82) is 5.41 Å². The second kappa shape index (κ2) is 13.9. The Morgan fingerprint density at radius 2 is 1.93 bits per heavy atom. The average molecular weight is 580 g/mol. The maximum atomic E-state index is 13.4. The summed E-state index contributed by atoms with van der Waals surface area (Å²) in [5.74, 6) is 2.31. The molecule has 0 bridgehead atoms. The predicted molar refractivity (Wildman–Crippen MR) is 173 cm³/mol. The standard InChI is InChI=1S/C34H49N3O3S/c1-11-24-16-27(35)22(6)32(36-19-24)37(15-14-28(38)23(7)34(8,9)10)33(21(4)5)41-31-18-30-29(39-20-40-30)17-26(31)25(12-2)13-3/h12,17-19,22-23,33,35H,4,11,13-16,20H2,1-3,5-10H3. The molecule has 41 heavy (non-hydrogen) atoms. The number of carbonyl (C=O) groups excluding carboxylic acids is 1. The number of hydrogen-bond acceptors (Lipinski definition) is 7. The van der Waals surface area contributed by atoms with Crippen molar-refractivity contribution >= 4 is 34.7 Å². The lowest BCUT2D eigenvalue weighted by atomic mass is 9.78. The first-order valence-electron chi connectivity index (χ1n) is 14.9. The van der Waals surface area contributed by atoms with E-state index in [4.69, 9.17) is 19.9 Å². The smallest absolute Gasteiger partial charge is 0.231 e. The third-order valence-electron chi connectivity index (χ3n) is 8.33. The van der Waals surface area contributed by atoms with Gasteiger partial charge in [-0.2, -0.15) is 0 Å². The van der Waals surface area contributed by atoms with Crippen molar-refractivity contribution in [3.8, 4) is 11.5 Å². The Hall–Kier alpha value is -2.80. The van der Waals surface area contributed by atoms with Crippen molar-refractivity contribution in [3.63, 3.8) is 0 Å². The maximum Gasteiger partial charge on any atom is 0.231 e. The molecule has 2 aliphatic heterocycles. The summed E-state index contributed by atoms with van der Waals surface area (Å²) in [6.07, 6.45) is 6.84. The number of nitrogens with zero attached hydrogens (tertiary/aromatic N) is 2. The fraction of sp³-hybridized carbons (Fsp3) is 0.559. The van der Waals surface area contributed by atoms with Gasteiger partial charge in [0.05, 0.1) is 5.92 Å². The van der Waals surface area contributed by atoms with E-state index < -0.39 is 0 Å². The molecule has 3 atom stereocenters. The van der Waals surface area contributed by atoms with Gasteiger partial charge in [-0.15, -0.1) is 0 Å². The molecule has 0 saturated heterocycles. The molecule has 7 heteroatoms. The SMILES string of the molecule is C=C(C)C(Sc1cc2c(cc1C(=CC)CC)OCO2)N(CCC(=O)C(C)C(C)(C)C)C1=NC=C(CC)CC(=N)C1C. The number of carbonyl (C=O) groups is 1. The Kier molecular flexibility index (Phi) is 11.1. The van der Waals surface area contributed by atoms with Crippen LogP contribution in [0.25, 0.3) is 5.57 Å². The second-order valence-electron chi connectivity index (χ2n) is 12.2. The quantitative estimate of drug-likeness (QED) is 0.161. The highest BCUT2D eigenvalue weighted by atomic mass is 32.2. The molecular formula is C34H49N3O3S. The molecule has 2 heterocycles. The number of ether oxygens (including phenoxy) is 2. The minimum absolute atomic E-state index is 0.0686. The van der Waals surface area contributed by atoms with Crippen molar-refractivity contribution in [2.45, 2.75) is 98.3 Å². The lowest BCUT2D eigenvalue weighted by Crippen LogP contribution is -2.45. The van der Waals surface area contributed by atoms with Crippen LogP contribution < -0.4 is 9.47 Å². The number of allylic oxidation sites excluding steroid dienone is 3. The van der Waals surface area contributed by atoms with Crippen LogP contribution in [0.5, 0.6) is 11.5 Å². The molecule has 1 N–H and O–H groups in total. The van der Waals surface area contributed by atoms with Crippen LogP contribution in [-0.2, 0) is 4.79 Å². The zero-order valence-electron chi connectivity index (χ0n) is 26.5. The minimum Gasteiger partial charge on any atom is -0.454 e. The molecule has 224 valence electrons. The molecule has 0 aliphatic carbocycles. The number of thioether (sulfide) groups is 1. The van der Waals surface area contributed by atoms with Crippen molar-refractivity contribution in [3.05, 3.63) is 47.7 Å². The molecule has 0 spiro atoms. The third kappa shape index (κ3) is 7.73. The van der Waals surface area contributed by atoms with Gasteiger partial charge in [-0.3, -0.25) is 4.79 Å². The zero-order valence-corrected chi connectivity index (χ0v) is 27.3. The van der Waals surface area contributed by atoms with Crippen molar-refractivity contribution in [1.82, 2.24) is 4.90 Å². The highest BCUT2D eigenvalue weighted by Gasteiger charge is 2.33. The Bertz CT molecular complexity index is 1250. The van der Waals surface area contributed by atoms with Crippen LogP contribution in [-0.4, -0.2) is 40.9 Å². The van der Waals surface area contributed by atoms with Gasteiger partial charge in [0.2, 0.25) is 6.79 Å². The number of hydrogen-bond donors (Lipinski definition) is 1. The predicted octanol–water partition coefficient (Wildman–Crippen LogP) is 8.92. The van der Waals surface area contributed by atoms with Crippen LogP contribution in [0.15, 0.2) is 52.0 Å². The summed E-state index contributed by atoms with van der Waals surface area (Å²) >= 11 is 1.70. The molecule has 0 fully saturated rings. The Labute approximate surface area is 251 Å². The molecule has 2 aliphatic rings. The number of aliphatic imine (C=N–C) groups is 1. The molecule has 3 unspecified atom stereocenters. The second-order valence-corrected chi connectivity index (χ2v) is 13.4. The van der Waals surface area contributed by atoms with Gasteiger partial charge in [0.1, 0.15) is 17.0 Å². The van der Waals surface area contributed by atoms with Gasteiger partial charge in [0.25, 0.3) is 0 Å². The average Bonchev–Trinajstić information content (AvgIpc) is 3.33. The largest absolute Gasteiger partial charge is 0.454 e. The maximum absolute atomic E-state index is 13.4. The summed E-state index contributed by atoms with van der Waals surface area (Å²) in [5.41, 5.74) is 4.98. The molecule has 0 aromatic heterocycles. The van der Waals surface area contributed by atoms with Gasteiger partial charge in [0, 0.05) is 42.1 Å². The van der Waals surface area contributed by atoms with Crippen LogP contribution in [0.4, 0.5) is 0 Å². The van der Waals surface area contributed by atoms with Gasteiger partial charge < -0.3 is 19.8 Å². The van der Waals surface area contributed by atoms with Crippen LogP contribution in [0.3, 0.4) is 0 Å². The van der Waals surface area contributed by atoms with E-state index in [1.807, 2.05) is 20.0 Å². The van der Waals surface area contributed by atoms with E-state index in [9.17, 15) is 4.79 Å². The van der Waals surface area contributed by atoms with E-state index in [-0.39, 0.29) is 35.2 Å². The van der Waals surface area contributed by atoms with E-state index in [0.29, 0.717) is 25.1 Å². The molecular weight excluding hydrogens is 530 g/mol. The molecule has 1 aromatic rings. The van der Waals surface area contributed by atoms with Crippen molar-refractivity contribution < 1.29 is 14.3 Å². The summed E-state index contributed by atoms with van der Waals surface area (Å²) in [6, 6.07) is 4.15. The number of benzene rings is 1. The normalized spacial score (nSPS) is 18.8. The fourth-order valence-electron chi connectivity index (χ4n) is 5.06. The van der Waals surface area contributed by atoms with Crippen LogP contribution in [0.2, 0.25) is 0 Å². The molecule has 1 aromatic carbocycles. The number of nitrogens with one attached hydrogen (secondary N) is 1. The number of amidine groups is 1. The topological polar surface area (TPSA) is 75.0 Å². The van der Waals surface area contributed by atoms with E-state index in [0.717, 1.165) is 51.8 Å². The highest BCUT2D eigenvalue weighted by molar-refractivity contribution is 8.00. The number of fused-ring (bicyclic) bond motifs is 1. The summed E-state index contributed by atoms with van der Waals surface area (Å²) in [6.45, 7) is 23.9. The number of ketones is 1. The van der Waals surface area contributed by atoms with Crippen molar-refractivity contribution in [2.75, 3.05) is 13.3 Å². The molecule has 0 radical (unpaired) electrons. The number of rotatable bonds is 11. The summed E-state index contributed by atoms with van der Waals surface area (Å²) in [7, 11) is 0. The Morgan fingerprint density at radius 3 is 2.49 bits per heavy atom. The Morgan fingerprint density at radius 1 is 1.27 bits per heavy atom. The molecule has 6 nitrogen and oxygen atoms in total. The lowest BCUT2D eigenvalue weighted by molar-refractivity contribution is -0.125. The van der Waals surface area contributed by atoms with Crippen LogP contribution in [0, 0.1) is 22.7 Å². The van der Waals surface area contributed by atoms with Gasteiger partial charge in [0.15, 0.2) is 11.5 Å². The van der Waals surface area contributed by atoms with Crippen molar-refractivity contribution in [2.24, 2.45) is 22.2 Å². The van der Waals surface area contributed by atoms with E-state index in [1.165, 1.54) is 5.57 Å².